The molecule has 76 valence electrons. The smallest absolute Gasteiger partial charge is 0.215 e. The molecule has 0 amide bonds. The van der Waals surface area contributed by atoms with Gasteiger partial charge < -0.3 is 0 Å². The fourth-order valence-corrected chi connectivity index (χ4v) is 0.599. The number of aromatic nitrogens is 1. The molecule has 0 aromatic carbocycles. The molecule has 0 fully saturated rings. The Kier molecular flexibility index (Phi) is 10.3. The molecule has 0 aliphatic rings. The third kappa shape index (κ3) is 5.34. The minimum absolute atomic E-state index is 0.366. The van der Waals surface area contributed by atoms with Gasteiger partial charge in [0.05, 0.1) is 0 Å². The van der Waals surface area contributed by atoms with Crippen molar-refractivity contribution in [1.82, 2.24) is 4.98 Å². The summed E-state index contributed by atoms with van der Waals surface area (Å²) in [6.45, 7) is 11.6. The Balaban J connectivity index is 0. The molecule has 2 heteroatoms. The van der Waals surface area contributed by atoms with Crippen LogP contribution in [-0.2, 0) is 0 Å². The summed E-state index contributed by atoms with van der Waals surface area (Å²) in [4.78, 5) is 3.47. The van der Waals surface area contributed by atoms with Gasteiger partial charge in [0.25, 0.3) is 0 Å². The van der Waals surface area contributed by atoms with Crippen LogP contribution in [0.1, 0.15) is 38.8 Å². The quantitative estimate of drug-likeness (QED) is 0.559. The second-order valence-electron chi connectivity index (χ2n) is 2.04. The highest BCUT2D eigenvalue weighted by molar-refractivity contribution is 5.20. The molecule has 0 aliphatic heterocycles. The highest BCUT2D eigenvalue weighted by Gasteiger charge is 1.97. The molecule has 0 aliphatic carbocycles. The van der Waals surface area contributed by atoms with Crippen molar-refractivity contribution in [2.24, 2.45) is 0 Å². The first-order valence-corrected chi connectivity index (χ1v) is 4.79. The van der Waals surface area contributed by atoms with E-state index in [1.807, 2.05) is 34.6 Å². The molecule has 0 spiro atoms. The summed E-state index contributed by atoms with van der Waals surface area (Å²) in [5.41, 5.74) is 1.58. The van der Waals surface area contributed by atoms with Gasteiger partial charge in [-0.2, -0.15) is 4.39 Å². The lowest BCUT2D eigenvalue weighted by molar-refractivity contribution is 0.572. The molecule has 0 radical (unpaired) electrons. The summed E-state index contributed by atoms with van der Waals surface area (Å²) in [5, 5.41) is 0. The third-order valence-corrected chi connectivity index (χ3v) is 1.41. The molecular weight excluding hydrogens is 165 g/mol. The monoisotopic (exact) mass is 185 g/mol. The van der Waals surface area contributed by atoms with E-state index in [0.29, 0.717) is 5.56 Å². The SMILES string of the molecule is CC.CC.Cc1ccnc(F)c1C. The Bertz CT molecular complexity index is 201. The first-order chi connectivity index (χ1) is 6.22. The minimum Gasteiger partial charge on any atom is -0.228 e. The van der Waals surface area contributed by atoms with Gasteiger partial charge in [0.15, 0.2) is 0 Å². The number of nitrogens with zero attached hydrogens (tertiary/aromatic N) is 1. The number of rotatable bonds is 0. The zero-order valence-electron chi connectivity index (χ0n) is 9.48. The molecule has 0 saturated heterocycles. The first-order valence-electron chi connectivity index (χ1n) is 4.79. The normalized spacial score (nSPS) is 7.62. The van der Waals surface area contributed by atoms with Crippen molar-refractivity contribution in [3.05, 3.63) is 29.3 Å². The van der Waals surface area contributed by atoms with Crippen LogP contribution < -0.4 is 0 Å². The lowest BCUT2D eigenvalue weighted by Gasteiger charge is -1.96. The van der Waals surface area contributed by atoms with E-state index in [9.17, 15) is 4.39 Å². The molecule has 0 atom stereocenters. The van der Waals surface area contributed by atoms with E-state index in [0.717, 1.165) is 5.56 Å². The molecule has 1 heterocycles. The Hall–Kier alpha value is -0.920. The molecule has 0 unspecified atom stereocenters. The number of hydrogen-bond donors (Lipinski definition) is 0. The van der Waals surface area contributed by atoms with Crippen molar-refractivity contribution < 1.29 is 4.39 Å². The van der Waals surface area contributed by atoms with E-state index in [4.69, 9.17) is 0 Å². The highest BCUT2D eigenvalue weighted by Crippen LogP contribution is 2.06. The number of halogens is 1. The molecule has 1 nitrogen and oxygen atoms in total. The van der Waals surface area contributed by atoms with Gasteiger partial charge >= 0.3 is 0 Å². The average molecular weight is 185 g/mol. The molecular formula is C11H20FN. The largest absolute Gasteiger partial charge is 0.228 e. The second-order valence-corrected chi connectivity index (χ2v) is 2.04. The van der Waals surface area contributed by atoms with Gasteiger partial charge in [-0.15, -0.1) is 0 Å². The Labute approximate surface area is 81.0 Å². The van der Waals surface area contributed by atoms with Crippen molar-refractivity contribution in [2.45, 2.75) is 41.5 Å². The summed E-state index contributed by atoms with van der Waals surface area (Å²) in [6, 6.07) is 1.79. The van der Waals surface area contributed by atoms with Gasteiger partial charge in [-0.05, 0) is 25.5 Å². The maximum Gasteiger partial charge on any atom is 0.215 e. The van der Waals surface area contributed by atoms with Gasteiger partial charge in [-0.1, -0.05) is 27.7 Å². The Morgan fingerprint density at radius 1 is 1.08 bits per heavy atom. The van der Waals surface area contributed by atoms with Crippen LogP contribution in [0.15, 0.2) is 12.3 Å². The fourth-order valence-electron chi connectivity index (χ4n) is 0.599. The summed E-state index contributed by atoms with van der Waals surface area (Å²) in [6.07, 6.45) is 1.47. The fraction of sp³-hybridized carbons (Fsp3) is 0.545. The molecule has 1 aromatic heterocycles. The number of hydrogen-bond acceptors (Lipinski definition) is 1. The van der Waals surface area contributed by atoms with E-state index < -0.39 is 0 Å². The van der Waals surface area contributed by atoms with Crippen LogP contribution in [0.2, 0.25) is 0 Å². The van der Waals surface area contributed by atoms with Crippen LogP contribution in [0.3, 0.4) is 0 Å². The number of aryl methyl sites for hydroxylation is 1. The zero-order chi connectivity index (χ0) is 10.9. The van der Waals surface area contributed by atoms with E-state index >= 15 is 0 Å². The van der Waals surface area contributed by atoms with Crippen molar-refractivity contribution in [1.29, 1.82) is 0 Å². The van der Waals surface area contributed by atoms with E-state index in [2.05, 4.69) is 4.98 Å². The lowest BCUT2D eigenvalue weighted by atomic mass is 10.2. The van der Waals surface area contributed by atoms with Gasteiger partial charge in [0.1, 0.15) is 0 Å². The van der Waals surface area contributed by atoms with Crippen LogP contribution in [0, 0.1) is 19.8 Å². The van der Waals surface area contributed by atoms with E-state index in [-0.39, 0.29) is 5.95 Å². The third-order valence-electron chi connectivity index (χ3n) is 1.41. The molecule has 0 N–H and O–H groups in total. The van der Waals surface area contributed by atoms with Crippen LogP contribution >= 0.6 is 0 Å². The van der Waals surface area contributed by atoms with Crippen molar-refractivity contribution in [3.63, 3.8) is 0 Å². The van der Waals surface area contributed by atoms with Gasteiger partial charge in [-0.25, -0.2) is 4.98 Å². The summed E-state index contributed by atoms with van der Waals surface area (Å²) >= 11 is 0. The summed E-state index contributed by atoms with van der Waals surface area (Å²) in [5.74, 6) is -0.366. The average Bonchev–Trinajstić information content (AvgIpc) is 2.20. The summed E-state index contributed by atoms with van der Waals surface area (Å²) < 4.78 is 12.5. The van der Waals surface area contributed by atoms with Crippen LogP contribution in [0.25, 0.3) is 0 Å². The van der Waals surface area contributed by atoms with Crippen LogP contribution in [-0.4, -0.2) is 4.98 Å². The van der Waals surface area contributed by atoms with Crippen LogP contribution in [0.4, 0.5) is 4.39 Å². The molecule has 0 saturated carbocycles. The maximum absolute atomic E-state index is 12.5. The summed E-state index contributed by atoms with van der Waals surface area (Å²) in [7, 11) is 0. The second kappa shape index (κ2) is 9.17. The highest BCUT2D eigenvalue weighted by atomic mass is 19.1. The molecule has 1 aromatic rings. The van der Waals surface area contributed by atoms with Crippen molar-refractivity contribution in [3.8, 4) is 0 Å². The van der Waals surface area contributed by atoms with Gasteiger partial charge in [0.2, 0.25) is 5.95 Å². The van der Waals surface area contributed by atoms with Crippen LogP contribution in [0.5, 0.6) is 0 Å². The predicted octanol–water partition coefficient (Wildman–Crippen LogP) is 3.89. The van der Waals surface area contributed by atoms with Crippen molar-refractivity contribution in [2.75, 3.05) is 0 Å². The zero-order valence-corrected chi connectivity index (χ0v) is 9.48. The maximum atomic E-state index is 12.5. The molecule has 13 heavy (non-hydrogen) atoms. The molecule has 0 bridgehead atoms. The Morgan fingerprint density at radius 3 is 1.85 bits per heavy atom. The topological polar surface area (TPSA) is 12.9 Å². The molecule has 1 rings (SSSR count). The lowest BCUT2D eigenvalue weighted by Crippen LogP contribution is -1.89. The minimum atomic E-state index is -0.366. The van der Waals surface area contributed by atoms with Gasteiger partial charge in [0, 0.05) is 11.8 Å². The predicted molar refractivity (Wildman–Crippen MR) is 56.4 cm³/mol. The first kappa shape index (κ1) is 14.6. The standard InChI is InChI=1S/C7H8FN.2C2H6/c1-5-3-4-9-7(8)6(5)2;2*1-2/h3-4H,1-2H3;2*1-2H3. The van der Waals surface area contributed by atoms with Crippen molar-refractivity contribution >= 4 is 0 Å². The number of pyridine rings is 1. The van der Waals surface area contributed by atoms with E-state index in [1.54, 1.807) is 13.0 Å². The van der Waals surface area contributed by atoms with Gasteiger partial charge in [-0.3, -0.25) is 0 Å². The Morgan fingerprint density at radius 2 is 1.54 bits per heavy atom. The van der Waals surface area contributed by atoms with E-state index in [1.165, 1.54) is 6.20 Å².